The number of hydrogen-bond acceptors (Lipinski definition) is 12. The Morgan fingerprint density at radius 1 is 0.461 bits per heavy atom. The molecule has 8 aromatic carbocycles. The van der Waals surface area contributed by atoms with Crippen molar-refractivity contribution in [3.63, 3.8) is 0 Å². The van der Waals surface area contributed by atoms with E-state index >= 15 is 0 Å². The van der Waals surface area contributed by atoms with Gasteiger partial charge in [-0.15, -0.1) is 5.10 Å². The minimum Gasteiger partial charge on any atom is -0.465 e. The maximum atomic E-state index is 13.5. The first-order valence-electron chi connectivity index (χ1n) is 29.5. The van der Waals surface area contributed by atoms with E-state index in [0.717, 1.165) is 114 Å². The number of aromatic amines is 4. The second kappa shape index (κ2) is 25.1. The number of benzene rings is 8. The van der Waals surface area contributed by atoms with Gasteiger partial charge in [0.2, 0.25) is 0 Å². The van der Waals surface area contributed by atoms with Crippen molar-refractivity contribution in [1.82, 2.24) is 75.3 Å². The molecule has 0 atom stereocenters. The number of amides is 3. The molecule has 0 aliphatic carbocycles. The van der Waals surface area contributed by atoms with Gasteiger partial charge in [-0.05, 0) is 160 Å². The molecule has 0 radical (unpaired) electrons. The van der Waals surface area contributed by atoms with Crippen LogP contribution in [0.15, 0.2) is 176 Å². The van der Waals surface area contributed by atoms with E-state index in [4.69, 9.17) is 19.7 Å². The lowest BCUT2D eigenvalue weighted by Gasteiger charge is -2.10. The third kappa shape index (κ3) is 13.0. The molecule has 13 rings (SSSR count). The van der Waals surface area contributed by atoms with Crippen molar-refractivity contribution in [2.45, 2.75) is 19.4 Å². The maximum Gasteiger partial charge on any atom is 0.294 e. The molecule has 0 bridgehead atoms. The summed E-state index contributed by atoms with van der Waals surface area (Å²) < 4.78 is 7.61. The van der Waals surface area contributed by atoms with Gasteiger partial charge in [0, 0.05) is 77.4 Å². The van der Waals surface area contributed by atoms with Crippen LogP contribution in [0, 0.1) is 0 Å². The molecule has 0 aliphatic rings. The van der Waals surface area contributed by atoms with E-state index in [9.17, 15) is 14.4 Å². The molecule has 0 unspecified atom stereocenters. The maximum absolute atomic E-state index is 13.5. The van der Waals surface area contributed by atoms with Gasteiger partial charge in [-0.2, -0.15) is 4.98 Å². The van der Waals surface area contributed by atoms with Crippen LogP contribution in [0.5, 0.6) is 6.01 Å². The molecule has 0 fully saturated rings. The zero-order valence-corrected chi connectivity index (χ0v) is 49.6. The number of fused-ring (bicyclic) bond motifs is 4. The zero-order chi connectivity index (χ0) is 61.0. The lowest BCUT2D eigenvalue weighted by molar-refractivity contribution is 0.0943. The lowest BCUT2D eigenvalue weighted by atomic mass is 10.0. The molecule has 0 saturated carbocycles. The quantitative estimate of drug-likeness (QED) is 0.0313. The molecule has 0 aliphatic heterocycles. The van der Waals surface area contributed by atoms with Crippen molar-refractivity contribution in [3.05, 3.63) is 193 Å². The van der Waals surface area contributed by atoms with E-state index in [-0.39, 0.29) is 17.7 Å². The first kappa shape index (κ1) is 57.0. The van der Waals surface area contributed by atoms with Gasteiger partial charge >= 0.3 is 0 Å². The minimum atomic E-state index is -0.256. The predicted molar refractivity (Wildman–Crippen MR) is 349 cm³/mol. The minimum absolute atomic E-state index is 0.103. The topological polar surface area (TPSA) is 248 Å². The number of H-pyrrole nitrogens is 4. The van der Waals surface area contributed by atoms with Crippen molar-refractivity contribution < 1.29 is 19.1 Å². The summed E-state index contributed by atoms with van der Waals surface area (Å²) in [4.78, 5) is 76.4. The second-order valence-corrected chi connectivity index (χ2v) is 22.5. The van der Waals surface area contributed by atoms with Crippen molar-refractivity contribution in [2.24, 2.45) is 0 Å². The molecular formula is C69H64N16O4. The van der Waals surface area contributed by atoms with E-state index in [1.165, 1.54) is 0 Å². The summed E-state index contributed by atoms with van der Waals surface area (Å²) in [5.74, 6) is 1.59. The van der Waals surface area contributed by atoms with Gasteiger partial charge in [0.25, 0.3) is 23.7 Å². The number of aryl methyl sites for hydroxylation is 1. The van der Waals surface area contributed by atoms with Gasteiger partial charge in [-0.1, -0.05) is 78.0 Å². The van der Waals surface area contributed by atoms with Crippen molar-refractivity contribution in [3.8, 4) is 73.7 Å². The number of carbonyl (C=O) groups is 3. The number of likely N-dealkylation sites (N-methyl/N-ethyl adjacent to an activating group) is 1. The molecular weight excluding hydrogens is 1120 g/mol. The van der Waals surface area contributed by atoms with Crippen LogP contribution < -0.4 is 20.7 Å². The molecule has 5 heterocycles. The third-order valence-corrected chi connectivity index (χ3v) is 15.5. The van der Waals surface area contributed by atoms with Crippen LogP contribution >= 0.6 is 0 Å². The van der Waals surface area contributed by atoms with Gasteiger partial charge in [-0.3, -0.25) is 19.1 Å². The normalized spacial score (nSPS) is 11.6. The van der Waals surface area contributed by atoms with E-state index < -0.39 is 0 Å². The molecule has 20 heteroatoms. The van der Waals surface area contributed by atoms with E-state index in [1.807, 2.05) is 136 Å². The number of rotatable bonds is 22. The molecule has 3 amide bonds. The molecule has 0 saturated heterocycles. The van der Waals surface area contributed by atoms with E-state index in [2.05, 4.69) is 105 Å². The van der Waals surface area contributed by atoms with Gasteiger partial charge in [0.1, 0.15) is 23.2 Å². The lowest BCUT2D eigenvalue weighted by Crippen LogP contribution is -2.31. The molecule has 7 N–H and O–H groups in total. The highest BCUT2D eigenvalue weighted by Crippen LogP contribution is 2.32. The number of nitrogens with one attached hydrogen (secondary N) is 7. The zero-order valence-electron chi connectivity index (χ0n) is 49.6. The smallest absolute Gasteiger partial charge is 0.294 e. The van der Waals surface area contributed by atoms with Crippen LogP contribution in [0.3, 0.4) is 0 Å². The number of aromatic nitrogens is 11. The molecule has 20 nitrogen and oxygen atoms in total. The number of nitrogens with zero attached hydrogens (tertiary/aromatic N) is 9. The Hall–Kier alpha value is -11.1. The summed E-state index contributed by atoms with van der Waals surface area (Å²) in [5, 5.41) is 17.7. The van der Waals surface area contributed by atoms with Crippen LogP contribution in [0.4, 0.5) is 5.69 Å². The highest BCUT2D eigenvalue weighted by atomic mass is 16.5. The third-order valence-electron chi connectivity index (χ3n) is 15.5. The van der Waals surface area contributed by atoms with Crippen LogP contribution in [-0.4, -0.2) is 143 Å². The van der Waals surface area contributed by atoms with E-state index in [1.54, 1.807) is 28.9 Å². The monoisotopic (exact) mass is 1180 g/mol. The Morgan fingerprint density at radius 2 is 0.910 bits per heavy atom. The average Bonchev–Trinajstić information content (AvgIpc) is 1.91. The number of hydrogen-bond donors (Lipinski definition) is 7. The van der Waals surface area contributed by atoms with Crippen molar-refractivity contribution >= 4 is 67.5 Å². The van der Waals surface area contributed by atoms with Gasteiger partial charge in [0.05, 0.1) is 56.9 Å². The fourth-order valence-electron chi connectivity index (χ4n) is 10.6. The molecule has 0 spiro atoms. The Bertz CT molecular complexity index is 4710. The highest BCUT2D eigenvalue weighted by molar-refractivity contribution is 6.05. The van der Waals surface area contributed by atoms with Crippen LogP contribution in [0.2, 0.25) is 0 Å². The Labute approximate surface area is 511 Å². The van der Waals surface area contributed by atoms with Gasteiger partial charge in [0.15, 0.2) is 0 Å². The van der Waals surface area contributed by atoms with Crippen LogP contribution in [0.1, 0.15) is 43.9 Å². The molecule has 13 aromatic rings. The van der Waals surface area contributed by atoms with Crippen LogP contribution in [-0.2, 0) is 6.54 Å². The average molecular weight is 1180 g/mol. The fourth-order valence-corrected chi connectivity index (χ4v) is 10.6. The first-order chi connectivity index (χ1) is 43.4. The predicted octanol–water partition coefficient (Wildman–Crippen LogP) is 11.5. The number of imidazole rings is 4. The van der Waals surface area contributed by atoms with Crippen molar-refractivity contribution in [2.75, 3.05) is 66.3 Å². The summed E-state index contributed by atoms with van der Waals surface area (Å²) >= 11 is 0. The van der Waals surface area contributed by atoms with Crippen LogP contribution in [0.25, 0.3) is 112 Å². The first-order valence-corrected chi connectivity index (χ1v) is 29.5. The highest BCUT2D eigenvalue weighted by Gasteiger charge is 2.16. The van der Waals surface area contributed by atoms with Gasteiger partial charge < -0.3 is 50.4 Å². The Morgan fingerprint density at radius 3 is 1.40 bits per heavy atom. The summed E-state index contributed by atoms with van der Waals surface area (Å²) in [7, 11) is 8.04. The number of anilines is 1. The fraction of sp³-hybridized carbons (Fsp3) is 0.174. The Balaban J connectivity index is 0.571. The number of carbonyl (C=O) groups excluding carboxylic acids is 3. The largest absolute Gasteiger partial charge is 0.465 e. The molecule has 89 heavy (non-hydrogen) atoms. The second-order valence-electron chi connectivity index (χ2n) is 22.5. The van der Waals surface area contributed by atoms with E-state index in [0.29, 0.717) is 78.4 Å². The standard InChI is InChI=1S/C69H64N16O4/c1-83(2)32-7-35-89-69-79-57-29-25-51(40-61(57)80-69)50-24-28-56-60(39-50)77-63(74-56)42-10-16-45(17-11-42)66(86)70-30-6-33-85-41-62(81-82-85)52-8-5-9-53(36-52)72-68(88)47-20-14-44(15-21-47)65-75-55-27-23-49(38-59(55)78-65)48-22-26-54-58(37-48)76-64(73-54)43-12-18-46(19-13-43)67(87)71-31-34-84(3)4/h5,8-29,36-41H,6-7,30-35H2,1-4H3,(H,70,86)(H,71,87)(H,72,88)(H,73,76)(H,74,77)(H,75,78)(H,79,80). The summed E-state index contributed by atoms with van der Waals surface area (Å²) in [6.07, 6.45) is 3.40. The summed E-state index contributed by atoms with van der Waals surface area (Å²) in [6.45, 7) is 3.87. The molecule has 5 aromatic heterocycles. The summed E-state index contributed by atoms with van der Waals surface area (Å²) in [6, 6.07) is 54.8. The Kier molecular flexibility index (Phi) is 16.1. The summed E-state index contributed by atoms with van der Waals surface area (Å²) in [5.41, 5.74) is 17.3. The molecule has 444 valence electrons. The SMILES string of the molecule is CN(C)CCCOc1nc2cc(-c3ccc4[nH]c(-c5ccc(C(=O)NCCCn6cc(-c7cccc(NC(=O)c8ccc(-c9nc%10cc(-c%11ccc%12[nH]c(-c%13ccc(C(=O)NCCN(C)C)cc%13)nc%12c%11)ccc%10[nH]9)cc8)c7)nn6)cc5)nc4c3)ccc2[nH]1. The number of ether oxygens (including phenoxy) is 1. The van der Waals surface area contributed by atoms with Gasteiger partial charge in [-0.25, -0.2) is 15.0 Å². The van der Waals surface area contributed by atoms with Crippen molar-refractivity contribution in [1.29, 1.82) is 0 Å².